The molecule has 2 rings (SSSR count). The topological polar surface area (TPSA) is 29.9 Å². The average Bonchev–Trinajstić information content (AvgIpc) is 2.78. The lowest BCUT2D eigenvalue weighted by Gasteiger charge is -2.19. The molecule has 3 nitrogen and oxygen atoms in total. The largest absolute Gasteiger partial charge is 0.338 e. The summed E-state index contributed by atoms with van der Waals surface area (Å²) in [6.45, 7) is 2.98. The molecule has 1 heterocycles. The van der Waals surface area contributed by atoms with Crippen LogP contribution in [0.4, 0.5) is 0 Å². The summed E-state index contributed by atoms with van der Waals surface area (Å²) in [4.78, 5) is 4.38. The molecule has 102 valence electrons. The third-order valence-corrected chi connectivity index (χ3v) is 3.93. The lowest BCUT2D eigenvalue weighted by atomic mass is 10.0. The van der Waals surface area contributed by atoms with Crippen molar-refractivity contribution >= 4 is 27.5 Å². The van der Waals surface area contributed by atoms with Crippen LogP contribution in [0.5, 0.6) is 0 Å². The van der Waals surface area contributed by atoms with Crippen LogP contribution < -0.4 is 5.32 Å². The van der Waals surface area contributed by atoms with E-state index in [4.69, 9.17) is 11.6 Å². The van der Waals surface area contributed by atoms with Crippen LogP contribution in [0.25, 0.3) is 0 Å². The molecule has 1 atom stereocenters. The van der Waals surface area contributed by atoms with Gasteiger partial charge in [-0.25, -0.2) is 4.98 Å². The van der Waals surface area contributed by atoms with Crippen molar-refractivity contribution in [2.24, 2.45) is 7.05 Å². The van der Waals surface area contributed by atoms with E-state index in [-0.39, 0.29) is 6.04 Å². The minimum Gasteiger partial charge on any atom is -0.338 e. The maximum Gasteiger partial charge on any atom is 0.110 e. The summed E-state index contributed by atoms with van der Waals surface area (Å²) >= 11 is 9.82. The van der Waals surface area contributed by atoms with Gasteiger partial charge in [0.05, 0.1) is 0 Å². The molecule has 1 unspecified atom stereocenters. The van der Waals surface area contributed by atoms with Gasteiger partial charge < -0.3 is 9.88 Å². The van der Waals surface area contributed by atoms with Gasteiger partial charge in [-0.15, -0.1) is 0 Å². The van der Waals surface area contributed by atoms with Crippen molar-refractivity contribution in [2.75, 3.05) is 6.54 Å². The van der Waals surface area contributed by atoms with E-state index in [1.807, 2.05) is 36.1 Å². The monoisotopic (exact) mass is 341 g/mol. The average molecular weight is 343 g/mol. The smallest absolute Gasteiger partial charge is 0.110 e. The molecule has 0 aliphatic heterocycles. The van der Waals surface area contributed by atoms with E-state index in [0.29, 0.717) is 0 Å². The van der Waals surface area contributed by atoms with Crippen LogP contribution >= 0.6 is 27.5 Å². The highest BCUT2D eigenvalue weighted by Gasteiger charge is 2.16. The summed E-state index contributed by atoms with van der Waals surface area (Å²) in [5, 5.41) is 4.25. The molecule has 1 aromatic carbocycles. The van der Waals surface area contributed by atoms with Gasteiger partial charge in [0.2, 0.25) is 0 Å². The van der Waals surface area contributed by atoms with Gasteiger partial charge in [0, 0.05) is 41.4 Å². The normalized spacial score (nSPS) is 12.6. The molecule has 0 aliphatic carbocycles. The first kappa shape index (κ1) is 14.6. The van der Waals surface area contributed by atoms with Gasteiger partial charge in [0.25, 0.3) is 0 Å². The maximum atomic E-state index is 6.32. The number of imidazole rings is 1. The van der Waals surface area contributed by atoms with Gasteiger partial charge in [0.15, 0.2) is 0 Å². The SMILES string of the molecule is CCNC(Cc1nccn1C)c1cc(Br)ccc1Cl. The van der Waals surface area contributed by atoms with E-state index >= 15 is 0 Å². The number of aryl methyl sites for hydroxylation is 1. The number of hydrogen-bond donors (Lipinski definition) is 1. The zero-order valence-electron chi connectivity index (χ0n) is 11.0. The second kappa shape index (κ2) is 6.55. The van der Waals surface area contributed by atoms with Crippen LogP contribution in [0.15, 0.2) is 35.1 Å². The van der Waals surface area contributed by atoms with Gasteiger partial charge in [-0.3, -0.25) is 0 Å². The fourth-order valence-corrected chi connectivity index (χ4v) is 2.72. The quantitative estimate of drug-likeness (QED) is 0.897. The molecule has 0 bridgehead atoms. The number of nitrogens with one attached hydrogen (secondary N) is 1. The number of halogens is 2. The summed E-state index contributed by atoms with van der Waals surface area (Å²) < 4.78 is 3.07. The molecule has 0 saturated heterocycles. The number of rotatable bonds is 5. The number of benzene rings is 1. The summed E-state index contributed by atoms with van der Waals surface area (Å²) in [6.07, 6.45) is 4.59. The van der Waals surface area contributed by atoms with Crippen LogP contribution in [0.2, 0.25) is 5.02 Å². The van der Waals surface area contributed by atoms with Gasteiger partial charge in [-0.2, -0.15) is 0 Å². The molecule has 0 saturated carbocycles. The minimum absolute atomic E-state index is 0.163. The number of hydrogen-bond acceptors (Lipinski definition) is 2. The molecular weight excluding hydrogens is 326 g/mol. The fraction of sp³-hybridized carbons (Fsp3) is 0.357. The lowest BCUT2D eigenvalue weighted by molar-refractivity contribution is 0.529. The molecule has 0 radical (unpaired) electrons. The van der Waals surface area contributed by atoms with Gasteiger partial charge in [-0.05, 0) is 30.3 Å². The van der Waals surface area contributed by atoms with E-state index in [0.717, 1.165) is 33.8 Å². The Bertz CT molecular complexity index is 553. The molecule has 5 heteroatoms. The summed E-state index contributed by atoms with van der Waals surface area (Å²) in [6, 6.07) is 6.11. The minimum atomic E-state index is 0.163. The molecule has 0 amide bonds. The molecule has 2 aromatic rings. The Balaban J connectivity index is 2.29. The maximum absolute atomic E-state index is 6.32. The van der Waals surface area contributed by atoms with E-state index < -0.39 is 0 Å². The molecule has 19 heavy (non-hydrogen) atoms. The zero-order chi connectivity index (χ0) is 13.8. The van der Waals surface area contributed by atoms with Crippen LogP contribution in [0.3, 0.4) is 0 Å². The molecular formula is C14H17BrClN3. The first-order valence-electron chi connectivity index (χ1n) is 6.26. The van der Waals surface area contributed by atoms with Crippen molar-refractivity contribution in [1.29, 1.82) is 0 Å². The number of aromatic nitrogens is 2. The Labute approximate surface area is 127 Å². The second-order valence-electron chi connectivity index (χ2n) is 4.43. The summed E-state index contributed by atoms with van der Waals surface area (Å²) in [7, 11) is 2.01. The molecule has 0 spiro atoms. The molecule has 0 fully saturated rings. The third-order valence-electron chi connectivity index (χ3n) is 3.09. The highest BCUT2D eigenvalue weighted by molar-refractivity contribution is 9.10. The Kier molecular flexibility index (Phi) is 5.02. The fourth-order valence-electron chi connectivity index (χ4n) is 2.10. The predicted molar refractivity (Wildman–Crippen MR) is 82.5 cm³/mol. The standard InChI is InChI=1S/C14H17BrClN3/c1-3-17-13(9-14-18-6-7-19(14)2)11-8-10(15)4-5-12(11)16/h4-8,13,17H,3,9H2,1-2H3. The Morgan fingerprint density at radius 2 is 2.26 bits per heavy atom. The van der Waals surface area contributed by atoms with Crippen LogP contribution in [0, 0.1) is 0 Å². The first-order chi connectivity index (χ1) is 9.11. The van der Waals surface area contributed by atoms with Crippen LogP contribution in [0.1, 0.15) is 24.4 Å². The van der Waals surface area contributed by atoms with E-state index in [1.54, 1.807) is 0 Å². The summed E-state index contributed by atoms with van der Waals surface area (Å²) in [5.74, 6) is 1.04. The van der Waals surface area contributed by atoms with Gasteiger partial charge in [0.1, 0.15) is 5.82 Å². The number of nitrogens with zero attached hydrogens (tertiary/aromatic N) is 2. The Morgan fingerprint density at radius 1 is 1.47 bits per heavy atom. The summed E-state index contributed by atoms with van der Waals surface area (Å²) in [5.41, 5.74) is 1.10. The Morgan fingerprint density at radius 3 is 2.89 bits per heavy atom. The van der Waals surface area contributed by atoms with Crippen molar-refractivity contribution in [3.63, 3.8) is 0 Å². The predicted octanol–water partition coefficient (Wildman–Crippen LogP) is 3.73. The highest BCUT2D eigenvalue weighted by Crippen LogP contribution is 2.28. The second-order valence-corrected chi connectivity index (χ2v) is 5.76. The highest BCUT2D eigenvalue weighted by atomic mass is 79.9. The van der Waals surface area contributed by atoms with Crippen molar-refractivity contribution in [3.8, 4) is 0 Å². The van der Waals surface area contributed by atoms with Crippen molar-refractivity contribution in [3.05, 3.63) is 51.5 Å². The van der Waals surface area contributed by atoms with E-state index in [1.165, 1.54) is 0 Å². The molecule has 0 aliphatic rings. The number of likely N-dealkylation sites (N-methyl/N-ethyl adjacent to an activating group) is 1. The van der Waals surface area contributed by atoms with Crippen molar-refractivity contribution in [1.82, 2.24) is 14.9 Å². The first-order valence-corrected chi connectivity index (χ1v) is 7.43. The van der Waals surface area contributed by atoms with E-state index in [2.05, 4.69) is 39.2 Å². The van der Waals surface area contributed by atoms with Gasteiger partial charge in [-0.1, -0.05) is 34.5 Å². The third kappa shape index (κ3) is 3.59. The van der Waals surface area contributed by atoms with Crippen LogP contribution in [-0.4, -0.2) is 16.1 Å². The Hall–Kier alpha value is -0.840. The van der Waals surface area contributed by atoms with Crippen molar-refractivity contribution < 1.29 is 0 Å². The molecule has 1 aromatic heterocycles. The molecule has 1 N–H and O–H groups in total. The lowest BCUT2D eigenvalue weighted by Crippen LogP contribution is -2.24. The van der Waals surface area contributed by atoms with E-state index in [9.17, 15) is 0 Å². The van der Waals surface area contributed by atoms with Crippen LogP contribution in [-0.2, 0) is 13.5 Å². The van der Waals surface area contributed by atoms with Gasteiger partial charge >= 0.3 is 0 Å². The zero-order valence-corrected chi connectivity index (χ0v) is 13.4. The van der Waals surface area contributed by atoms with Crippen molar-refractivity contribution in [2.45, 2.75) is 19.4 Å².